The van der Waals surface area contributed by atoms with Crippen molar-refractivity contribution in [2.24, 2.45) is 11.8 Å². The summed E-state index contributed by atoms with van der Waals surface area (Å²) >= 11 is 0. The molecule has 0 aliphatic heterocycles. The van der Waals surface area contributed by atoms with Crippen LogP contribution in [-0.4, -0.2) is 29.9 Å². The van der Waals surface area contributed by atoms with Gasteiger partial charge in [0.1, 0.15) is 0 Å². The fourth-order valence-electron chi connectivity index (χ4n) is 7.65. The van der Waals surface area contributed by atoms with Gasteiger partial charge in [0.05, 0.1) is 6.61 Å². The van der Waals surface area contributed by atoms with E-state index in [1.165, 1.54) is 180 Å². The highest BCUT2D eigenvalue weighted by molar-refractivity contribution is 5.70. The molecule has 0 saturated heterocycles. The molecule has 0 aliphatic rings. The number of carbonyl (C=O) groups is 2. The number of hydrogen-bond donors (Lipinski definition) is 1. The lowest BCUT2D eigenvalue weighted by molar-refractivity contribution is -0.170. The molecule has 1 unspecified atom stereocenters. The molecule has 0 aromatic rings. The number of ether oxygens (including phenoxy) is 2. The summed E-state index contributed by atoms with van der Waals surface area (Å²) in [7, 11) is 0. The van der Waals surface area contributed by atoms with Crippen LogP contribution in [0.2, 0.25) is 0 Å². The molecule has 0 rings (SSSR count). The molecule has 0 amide bonds. The van der Waals surface area contributed by atoms with E-state index in [0.717, 1.165) is 38.5 Å². The Bertz CT molecular complexity index is 711. The van der Waals surface area contributed by atoms with Crippen LogP contribution in [0.3, 0.4) is 0 Å². The number of hydrogen-bond acceptors (Lipinski definition) is 5. The van der Waals surface area contributed by atoms with Crippen molar-refractivity contribution in [2.45, 2.75) is 272 Å². The molecule has 1 atom stereocenters. The standard InChI is InChI=1S/C47H92O5/c1-5-9-13-23-29-35-43(36-30-24-14-10-6-2)41-46(49)51-40-34-28-22-20-18-17-19-21-27-33-39-45(48)52-47(50)42-44(37-31-25-15-11-7-3)38-32-26-16-12-8-4/h43-45,48H,5-42H2,1-4H3. The van der Waals surface area contributed by atoms with Gasteiger partial charge in [0.2, 0.25) is 6.29 Å². The quantitative estimate of drug-likeness (QED) is 0.0384. The van der Waals surface area contributed by atoms with Crippen molar-refractivity contribution in [1.29, 1.82) is 0 Å². The van der Waals surface area contributed by atoms with Crippen LogP contribution in [0.25, 0.3) is 0 Å². The summed E-state index contributed by atoms with van der Waals surface area (Å²) in [5.74, 6) is 0.718. The first kappa shape index (κ1) is 50.9. The molecular weight excluding hydrogens is 645 g/mol. The molecule has 0 heterocycles. The van der Waals surface area contributed by atoms with Gasteiger partial charge in [-0.25, -0.2) is 0 Å². The van der Waals surface area contributed by atoms with E-state index in [0.29, 0.717) is 37.7 Å². The molecule has 5 nitrogen and oxygen atoms in total. The van der Waals surface area contributed by atoms with Crippen molar-refractivity contribution in [3.05, 3.63) is 0 Å². The lowest BCUT2D eigenvalue weighted by Crippen LogP contribution is -2.20. The van der Waals surface area contributed by atoms with Crippen LogP contribution in [0.4, 0.5) is 0 Å². The zero-order valence-electron chi connectivity index (χ0n) is 35.7. The Balaban J connectivity index is 3.94. The van der Waals surface area contributed by atoms with Gasteiger partial charge in [0.15, 0.2) is 0 Å². The zero-order valence-corrected chi connectivity index (χ0v) is 35.7. The summed E-state index contributed by atoms with van der Waals surface area (Å²) in [5, 5.41) is 10.3. The molecule has 0 saturated carbocycles. The van der Waals surface area contributed by atoms with Crippen molar-refractivity contribution in [3.8, 4) is 0 Å². The predicted octanol–water partition coefficient (Wildman–Crippen LogP) is 15.1. The smallest absolute Gasteiger partial charge is 0.308 e. The number of carbonyl (C=O) groups excluding carboxylic acids is 2. The van der Waals surface area contributed by atoms with E-state index in [-0.39, 0.29) is 11.9 Å². The Morgan fingerprint density at radius 3 is 1.04 bits per heavy atom. The van der Waals surface area contributed by atoms with E-state index in [4.69, 9.17) is 9.47 Å². The van der Waals surface area contributed by atoms with Crippen LogP contribution in [-0.2, 0) is 19.1 Å². The average Bonchev–Trinajstić information content (AvgIpc) is 3.12. The number of rotatable bonds is 42. The highest BCUT2D eigenvalue weighted by Gasteiger charge is 2.18. The van der Waals surface area contributed by atoms with Crippen molar-refractivity contribution in [2.75, 3.05) is 6.61 Å². The van der Waals surface area contributed by atoms with Gasteiger partial charge in [-0.05, 0) is 50.4 Å². The van der Waals surface area contributed by atoms with Gasteiger partial charge in [0.25, 0.3) is 0 Å². The van der Waals surface area contributed by atoms with Crippen LogP contribution in [0.5, 0.6) is 0 Å². The molecule has 0 aromatic heterocycles. The van der Waals surface area contributed by atoms with Gasteiger partial charge in [0, 0.05) is 19.3 Å². The van der Waals surface area contributed by atoms with Crippen LogP contribution in [0.1, 0.15) is 265 Å². The molecule has 0 aliphatic carbocycles. The molecule has 5 heteroatoms. The van der Waals surface area contributed by atoms with Crippen LogP contribution < -0.4 is 0 Å². The second-order valence-corrected chi connectivity index (χ2v) is 16.4. The second-order valence-electron chi connectivity index (χ2n) is 16.4. The minimum atomic E-state index is -0.955. The molecule has 52 heavy (non-hydrogen) atoms. The molecule has 0 aromatic carbocycles. The molecule has 0 spiro atoms. The van der Waals surface area contributed by atoms with Gasteiger partial charge in [-0.1, -0.05) is 207 Å². The number of unbranched alkanes of at least 4 members (excludes halogenated alkanes) is 25. The summed E-state index contributed by atoms with van der Waals surface area (Å²) in [6, 6.07) is 0. The fraction of sp³-hybridized carbons (Fsp3) is 0.957. The Kier molecular flexibility index (Phi) is 40.2. The summed E-state index contributed by atoms with van der Waals surface area (Å²) in [6.45, 7) is 9.60. The topological polar surface area (TPSA) is 72.8 Å². The van der Waals surface area contributed by atoms with Crippen LogP contribution in [0.15, 0.2) is 0 Å². The van der Waals surface area contributed by atoms with E-state index in [1.807, 2.05) is 0 Å². The van der Waals surface area contributed by atoms with Gasteiger partial charge >= 0.3 is 11.9 Å². The molecule has 1 N–H and O–H groups in total. The summed E-state index contributed by atoms with van der Waals surface area (Å²) < 4.78 is 11.1. The Labute approximate surface area is 325 Å². The van der Waals surface area contributed by atoms with Gasteiger partial charge in [-0.15, -0.1) is 0 Å². The normalized spacial score (nSPS) is 12.2. The highest BCUT2D eigenvalue weighted by Crippen LogP contribution is 2.24. The van der Waals surface area contributed by atoms with Crippen molar-refractivity contribution >= 4 is 11.9 Å². The largest absolute Gasteiger partial charge is 0.466 e. The first-order chi connectivity index (χ1) is 25.5. The number of aliphatic hydroxyl groups is 1. The first-order valence-electron chi connectivity index (χ1n) is 23.5. The van der Waals surface area contributed by atoms with E-state index in [1.54, 1.807) is 0 Å². The SMILES string of the molecule is CCCCCCCC(CCCCCCC)CC(=O)OCCCCCCCCCCCCC(O)OC(=O)CC(CCCCCCC)CCCCCCC. The maximum absolute atomic E-state index is 12.6. The molecule has 0 radical (unpaired) electrons. The molecule has 0 bridgehead atoms. The van der Waals surface area contributed by atoms with Gasteiger partial charge in [-0.3, -0.25) is 9.59 Å². The zero-order chi connectivity index (χ0) is 38.2. The minimum absolute atomic E-state index is 0.0263. The average molecular weight is 737 g/mol. The van der Waals surface area contributed by atoms with E-state index >= 15 is 0 Å². The number of aliphatic hydroxyl groups excluding tert-OH is 1. The third kappa shape index (κ3) is 37.2. The Hall–Kier alpha value is -1.10. The molecule has 0 fully saturated rings. The van der Waals surface area contributed by atoms with Crippen molar-refractivity contribution in [1.82, 2.24) is 0 Å². The third-order valence-electron chi connectivity index (χ3n) is 11.2. The number of esters is 2. The van der Waals surface area contributed by atoms with Crippen molar-refractivity contribution < 1.29 is 24.2 Å². The predicted molar refractivity (Wildman–Crippen MR) is 224 cm³/mol. The van der Waals surface area contributed by atoms with E-state index < -0.39 is 6.29 Å². The highest BCUT2D eigenvalue weighted by atomic mass is 16.6. The molecule has 310 valence electrons. The van der Waals surface area contributed by atoms with Crippen LogP contribution >= 0.6 is 0 Å². The lowest BCUT2D eigenvalue weighted by Gasteiger charge is -2.18. The third-order valence-corrected chi connectivity index (χ3v) is 11.2. The minimum Gasteiger partial charge on any atom is -0.466 e. The van der Waals surface area contributed by atoms with E-state index in [9.17, 15) is 14.7 Å². The van der Waals surface area contributed by atoms with Crippen molar-refractivity contribution in [3.63, 3.8) is 0 Å². The van der Waals surface area contributed by atoms with Gasteiger partial charge < -0.3 is 14.6 Å². The maximum atomic E-state index is 12.6. The Morgan fingerprint density at radius 1 is 0.385 bits per heavy atom. The summed E-state index contributed by atoms with van der Waals surface area (Å²) in [4.78, 5) is 25.2. The lowest BCUT2D eigenvalue weighted by atomic mass is 9.91. The summed E-state index contributed by atoms with van der Waals surface area (Å²) in [6.07, 6.45) is 42.4. The monoisotopic (exact) mass is 737 g/mol. The van der Waals surface area contributed by atoms with Gasteiger partial charge in [-0.2, -0.15) is 0 Å². The Morgan fingerprint density at radius 2 is 0.673 bits per heavy atom. The first-order valence-corrected chi connectivity index (χ1v) is 23.5. The summed E-state index contributed by atoms with van der Waals surface area (Å²) in [5.41, 5.74) is 0. The molecular formula is C47H92O5. The second kappa shape index (κ2) is 41.1. The van der Waals surface area contributed by atoms with E-state index in [2.05, 4.69) is 27.7 Å². The van der Waals surface area contributed by atoms with Crippen LogP contribution in [0, 0.1) is 11.8 Å². The maximum Gasteiger partial charge on any atom is 0.308 e. The fourth-order valence-corrected chi connectivity index (χ4v) is 7.65.